The van der Waals surface area contributed by atoms with Crippen molar-refractivity contribution in [1.29, 1.82) is 0 Å². The molecule has 0 saturated carbocycles. The van der Waals surface area contributed by atoms with Crippen LogP contribution in [0, 0.1) is 6.92 Å². The number of hydrogen-bond donors (Lipinski definition) is 1. The number of carboxylic acid groups (broad SMARTS) is 1. The van der Waals surface area contributed by atoms with Crippen LogP contribution in [0.2, 0.25) is 0 Å². The highest BCUT2D eigenvalue weighted by molar-refractivity contribution is 8.00. The Bertz CT molecular complexity index is 945. The molecule has 0 bridgehead atoms. The Morgan fingerprint density at radius 3 is 2.76 bits per heavy atom. The van der Waals surface area contributed by atoms with E-state index in [9.17, 15) is 9.90 Å². The number of hydrogen-bond acceptors (Lipinski definition) is 6. The van der Waals surface area contributed by atoms with Crippen LogP contribution in [0.4, 0.5) is 0 Å². The minimum atomic E-state index is -0.878. The van der Waals surface area contributed by atoms with Crippen molar-refractivity contribution in [1.82, 2.24) is 14.9 Å². The zero-order chi connectivity index (χ0) is 17.4. The summed E-state index contributed by atoms with van der Waals surface area (Å²) in [5.74, 6) is 0.172. The predicted molar refractivity (Wildman–Crippen MR) is 92.7 cm³/mol. The molecule has 3 heterocycles. The second kappa shape index (κ2) is 6.21. The van der Waals surface area contributed by atoms with Gasteiger partial charge in [0.15, 0.2) is 5.76 Å². The molecule has 1 aliphatic rings. The third-order valence-corrected chi connectivity index (χ3v) is 4.96. The maximum absolute atomic E-state index is 11.3. The van der Waals surface area contributed by atoms with E-state index in [1.165, 1.54) is 11.8 Å². The fraction of sp³-hybridized carbons (Fsp3) is 0.176. The minimum Gasteiger partial charge on any atom is -0.481 e. The SMILES string of the molecule is Cc1ccc(C2=Nn3c(nnc3-c3ccco3)SC2CC(=O)O)cc1. The van der Waals surface area contributed by atoms with E-state index in [0.717, 1.165) is 11.1 Å². The molecular formula is C17H14N4O3S. The highest BCUT2D eigenvalue weighted by Crippen LogP contribution is 2.34. The van der Waals surface area contributed by atoms with Gasteiger partial charge in [-0.15, -0.1) is 10.2 Å². The first kappa shape index (κ1) is 15.6. The third kappa shape index (κ3) is 2.96. The summed E-state index contributed by atoms with van der Waals surface area (Å²) in [4.78, 5) is 11.3. The quantitative estimate of drug-likeness (QED) is 0.774. The van der Waals surface area contributed by atoms with Crippen LogP contribution in [0.1, 0.15) is 17.5 Å². The fourth-order valence-electron chi connectivity index (χ4n) is 2.61. The van der Waals surface area contributed by atoms with Gasteiger partial charge in [0.25, 0.3) is 0 Å². The number of carboxylic acids is 1. The van der Waals surface area contributed by atoms with Crippen molar-refractivity contribution in [3.05, 3.63) is 53.8 Å². The van der Waals surface area contributed by atoms with Crippen molar-refractivity contribution < 1.29 is 14.3 Å². The number of nitrogens with zero attached hydrogens (tertiary/aromatic N) is 4. The van der Waals surface area contributed by atoms with Gasteiger partial charge in [0.1, 0.15) is 0 Å². The van der Waals surface area contributed by atoms with Crippen molar-refractivity contribution in [3.63, 3.8) is 0 Å². The first-order valence-corrected chi connectivity index (χ1v) is 8.53. The van der Waals surface area contributed by atoms with E-state index in [1.54, 1.807) is 23.1 Å². The first-order valence-electron chi connectivity index (χ1n) is 7.65. The topological polar surface area (TPSA) is 93.5 Å². The number of aromatic nitrogens is 3. The van der Waals surface area contributed by atoms with E-state index >= 15 is 0 Å². The Hall–Kier alpha value is -2.87. The highest BCUT2D eigenvalue weighted by atomic mass is 32.2. The number of furan rings is 1. The normalized spacial score (nSPS) is 16.4. The molecule has 1 N–H and O–H groups in total. The van der Waals surface area contributed by atoms with E-state index in [1.807, 2.05) is 31.2 Å². The molecule has 4 rings (SSSR count). The predicted octanol–water partition coefficient (Wildman–Crippen LogP) is 3.05. The smallest absolute Gasteiger partial charge is 0.304 e. The molecule has 2 aromatic heterocycles. The van der Waals surface area contributed by atoms with Crippen LogP contribution >= 0.6 is 11.8 Å². The number of thioether (sulfide) groups is 1. The largest absolute Gasteiger partial charge is 0.481 e. The fourth-order valence-corrected chi connectivity index (χ4v) is 3.70. The van der Waals surface area contributed by atoms with Gasteiger partial charge in [-0.2, -0.15) is 9.78 Å². The molecular weight excluding hydrogens is 340 g/mol. The van der Waals surface area contributed by atoms with Gasteiger partial charge < -0.3 is 9.52 Å². The highest BCUT2D eigenvalue weighted by Gasteiger charge is 2.31. The Kier molecular flexibility index (Phi) is 3.89. The molecule has 8 heteroatoms. The van der Waals surface area contributed by atoms with Gasteiger partial charge in [-0.3, -0.25) is 4.79 Å². The summed E-state index contributed by atoms with van der Waals surface area (Å²) in [6, 6.07) is 11.4. The lowest BCUT2D eigenvalue weighted by Crippen LogP contribution is -2.27. The van der Waals surface area contributed by atoms with Crippen LogP contribution in [-0.4, -0.2) is 36.9 Å². The van der Waals surface area contributed by atoms with Crippen LogP contribution in [0.25, 0.3) is 11.6 Å². The van der Waals surface area contributed by atoms with E-state index < -0.39 is 5.97 Å². The zero-order valence-corrected chi connectivity index (χ0v) is 14.1. The van der Waals surface area contributed by atoms with Gasteiger partial charge in [-0.25, -0.2) is 0 Å². The van der Waals surface area contributed by atoms with Gasteiger partial charge in [0.05, 0.1) is 23.6 Å². The van der Waals surface area contributed by atoms with E-state index in [0.29, 0.717) is 22.5 Å². The van der Waals surface area contributed by atoms with Crippen molar-refractivity contribution >= 4 is 23.4 Å². The Labute approximate surface area is 147 Å². The monoisotopic (exact) mass is 354 g/mol. The van der Waals surface area contributed by atoms with Crippen molar-refractivity contribution in [2.45, 2.75) is 23.8 Å². The Morgan fingerprint density at radius 2 is 2.08 bits per heavy atom. The lowest BCUT2D eigenvalue weighted by molar-refractivity contribution is -0.136. The number of fused-ring (bicyclic) bond motifs is 1. The van der Waals surface area contributed by atoms with Crippen molar-refractivity contribution in [2.24, 2.45) is 5.10 Å². The van der Waals surface area contributed by atoms with Crippen LogP contribution < -0.4 is 0 Å². The van der Waals surface area contributed by atoms with Gasteiger partial charge in [-0.1, -0.05) is 41.6 Å². The van der Waals surface area contributed by atoms with E-state index in [4.69, 9.17) is 4.42 Å². The lowest BCUT2D eigenvalue weighted by atomic mass is 10.0. The number of benzene rings is 1. The molecule has 1 atom stereocenters. The average Bonchev–Trinajstić information content (AvgIpc) is 3.23. The standard InChI is InChI=1S/C17H14N4O3S/c1-10-4-6-11(7-5-10)15-13(9-14(22)23)25-17-19-18-16(21(17)20-15)12-3-2-8-24-12/h2-8,13H,9H2,1H3,(H,22,23). The maximum atomic E-state index is 11.3. The molecule has 1 aliphatic heterocycles. The first-order chi connectivity index (χ1) is 12.1. The second-order valence-corrected chi connectivity index (χ2v) is 6.82. The summed E-state index contributed by atoms with van der Waals surface area (Å²) >= 11 is 1.35. The summed E-state index contributed by atoms with van der Waals surface area (Å²) < 4.78 is 7.00. The summed E-state index contributed by atoms with van der Waals surface area (Å²) in [6.07, 6.45) is 1.52. The number of aliphatic carboxylic acids is 1. The van der Waals surface area contributed by atoms with E-state index in [-0.39, 0.29) is 11.7 Å². The summed E-state index contributed by atoms with van der Waals surface area (Å²) in [5, 5.41) is 22.4. The Balaban J connectivity index is 1.82. The Morgan fingerprint density at radius 1 is 1.28 bits per heavy atom. The average molecular weight is 354 g/mol. The van der Waals surface area contributed by atoms with Crippen LogP contribution in [-0.2, 0) is 4.79 Å². The molecule has 126 valence electrons. The lowest BCUT2D eigenvalue weighted by Gasteiger charge is -2.21. The van der Waals surface area contributed by atoms with Gasteiger partial charge in [0.2, 0.25) is 11.0 Å². The molecule has 3 aromatic rings. The zero-order valence-electron chi connectivity index (χ0n) is 13.3. The molecule has 7 nitrogen and oxygen atoms in total. The van der Waals surface area contributed by atoms with Crippen molar-refractivity contribution in [2.75, 3.05) is 0 Å². The summed E-state index contributed by atoms with van der Waals surface area (Å²) in [6.45, 7) is 2.00. The molecule has 1 unspecified atom stereocenters. The molecule has 1 aromatic carbocycles. The van der Waals surface area contributed by atoms with Crippen LogP contribution in [0.15, 0.2) is 57.3 Å². The molecule has 25 heavy (non-hydrogen) atoms. The van der Waals surface area contributed by atoms with E-state index in [2.05, 4.69) is 15.3 Å². The third-order valence-electron chi connectivity index (χ3n) is 3.82. The van der Waals surface area contributed by atoms with Gasteiger partial charge in [-0.05, 0) is 24.6 Å². The molecule has 0 radical (unpaired) electrons. The molecule has 0 fully saturated rings. The molecule has 0 aliphatic carbocycles. The van der Waals surface area contributed by atoms with Gasteiger partial charge >= 0.3 is 5.97 Å². The number of carbonyl (C=O) groups is 1. The van der Waals surface area contributed by atoms with Crippen LogP contribution in [0.3, 0.4) is 0 Å². The van der Waals surface area contributed by atoms with Crippen molar-refractivity contribution in [3.8, 4) is 11.6 Å². The molecule has 0 saturated heterocycles. The molecule has 0 spiro atoms. The maximum Gasteiger partial charge on any atom is 0.304 e. The number of aryl methyl sites for hydroxylation is 1. The van der Waals surface area contributed by atoms with Gasteiger partial charge in [0, 0.05) is 0 Å². The number of rotatable bonds is 4. The minimum absolute atomic E-state index is 0.0413. The second-order valence-electron chi connectivity index (χ2n) is 5.65. The van der Waals surface area contributed by atoms with Crippen LogP contribution in [0.5, 0.6) is 0 Å². The summed E-state index contributed by atoms with van der Waals surface area (Å²) in [7, 11) is 0. The molecule has 0 amide bonds. The summed E-state index contributed by atoms with van der Waals surface area (Å²) in [5.41, 5.74) is 2.70.